The van der Waals surface area contributed by atoms with Gasteiger partial charge in [-0.1, -0.05) is 12.0 Å². The molecule has 2 atom stereocenters. The summed E-state index contributed by atoms with van der Waals surface area (Å²) in [7, 11) is 1.55. The molecule has 270 valence electrons. The summed E-state index contributed by atoms with van der Waals surface area (Å²) in [4.78, 5) is 52.9. The molecule has 0 unspecified atom stereocenters. The Labute approximate surface area is 300 Å². The van der Waals surface area contributed by atoms with Gasteiger partial charge in [-0.05, 0) is 101 Å². The molecule has 12 heteroatoms. The van der Waals surface area contributed by atoms with Crippen LogP contribution in [-0.2, 0) is 4.74 Å². The normalized spacial score (nSPS) is 16.8. The number of methoxy groups -OCH3 is 1. The first-order chi connectivity index (χ1) is 24.3. The molecule has 0 spiro atoms. The van der Waals surface area contributed by atoms with Gasteiger partial charge in [0.25, 0.3) is 11.8 Å². The minimum absolute atomic E-state index is 0.211. The lowest BCUT2D eigenvalue weighted by molar-refractivity contribution is 0.00238. The van der Waals surface area contributed by atoms with Gasteiger partial charge in [0.15, 0.2) is 6.10 Å². The first-order valence-electron chi connectivity index (χ1n) is 17.4. The summed E-state index contributed by atoms with van der Waals surface area (Å²) in [6, 6.07) is 8.59. The van der Waals surface area contributed by atoms with Crippen LogP contribution in [0.2, 0.25) is 0 Å². The molecule has 3 heterocycles. The zero-order chi connectivity index (χ0) is 36.9. The smallest absolute Gasteiger partial charge is 0.411 e. The molecule has 2 fully saturated rings. The van der Waals surface area contributed by atoms with Gasteiger partial charge in [0.2, 0.25) is 0 Å². The summed E-state index contributed by atoms with van der Waals surface area (Å²) in [5.41, 5.74) is 3.08. The van der Waals surface area contributed by atoms with Gasteiger partial charge in [0, 0.05) is 44.5 Å². The zero-order valence-electron chi connectivity index (χ0n) is 30.5. The number of carbonyl (C=O) groups is 3. The van der Waals surface area contributed by atoms with E-state index in [1.54, 1.807) is 37.1 Å². The van der Waals surface area contributed by atoms with Gasteiger partial charge >= 0.3 is 6.09 Å². The topological polar surface area (TPSA) is 135 Å². The maximum Gasteiger partial charge on any atom is 0.411 e. The van der Waals surface area contributed by atoms with E-state index in [9.17, 15) is 14.4 Å². The first-order valence-corrected chi connectivity index (χ1v) is 17.4. The minimum atomic E-state index is -0.647. The van der Waals surface area contributed by atoms with E-state index >= 15 is 0 Å². The molecule has 1 aliphatic heterocycles. The average Bonchev–Trinajstić information content (AvgIpc) is 3.94. The van der Waals surface area contributed by atoms with E-state index in [4.69, 9.17) is 25.6 Å². The number of nitrogens with zero attached hydrogens (tertiary/aromatic N) is 4. The van der Waals surface area contributed by atoms with Crippen LogP contribution in [0.4, 0.5) is 10.6 Å². The second-order valence-corrected chi connectivity index (χ2v) is 14.0. The SMILES string of the molecule is C#C[C@@H]1CN(C[C@@H](Oc2cc(C)c(C(=O)Nc3ncc(OC)cc3C)cc2C(=O)NCC)c2ccc(C3CC3)cn2)CCN1C(=O)OC(C)(C)C. The predicted molar refractivity (Wildman–Crippen MR) is 194 cm³/mol. The number of aryl methyl sites for hydroxylation is 2. The number of hydrogen-bond donors (Lipinski definition) is 2. The number of hydrogen-bond acceptors (Lipinski definition) is 9. The van der Waals surface area contributed by atoms with Crippen molar-refractivity contribution < 1.29 is 28.6 Å². The van der Waals surface area contributed by atoms with E-state index in [1.807, 2.05) is 46.9 Å². The molecule has 3 amide bonds. The molecule has 0 bridgehead atoms. The van der Waals surface area contributed by atoms with Crippen molar-refractivity contribution in [1.82, 2.24) is 25.1 Å². The number of piperazine rings is 1. The number of carbonyl (C=O) groups excluding carboxylic acids is 3. The van der Waals surface area contributed by atoms with Crippen LogP contribution in [0.15, 0.2) is 42.7 Å². The third-order valence-corrected chi connectivity index (χ3v) is 8.84. The maximum atomic E-state index is 13.6. The van der Waals surface area contributed by atoms with Crippen molar-refractivity contribution in [1.29, 1.82) is 0 Å². The molecule has 1 saturated heterocycles. The molecule has 2 N–H and O–H groups in total. The van der Waals surface area contributed by atoms with Crippen molar-refractivity contribution in [2.45, 2.75) is 78.0 Å². The van der Waals surface area contributed by atoms with Crippen molar-refractivity contribution in [2.75, 3.05) is 45.2 Å². The van der Waals surface area contributed by atoms with E-state index in [2.05, 4.69) is 32.5 Å². The quantitative estimate of drug-likeness (QED) is 0.244. The Bertz CT molecular complexity index is 1790. The number of nitrogens with one attached hydrogen (secondary N) is 2. The van der Waals surface area contributed by atoms with Gasteiger partial charge in [-0.15, -0.1) is 6.42 Å². The highest BCUT2D eigenvalue weighted by atomic mass is 16.6. The Hall–Kier alpha value is -5.15. The van der Waals surface area contributed by atoms with E-state index in [1.165, 1.54) is 11.8 Å². The number of amides is 3. The first kappa shape index (κ1) is 37.1. The van der Waals surface area contributed by atoms with Gasteiger partial charge in [0.05, 0.1) is 24.6 Å². The lowest BCUT2D eigenvalue weighted by Gasteiger charge is -2.40. The lowest BCUT2D eigenvalue weighted by Crippen LogP contribution is -2.56. The molecule has 0 radical (unpaired) electrons. The number of benzene rings is 1. The summed E-state index contributed by atoms with van der Waals surface area (Å²) >= 11 is 0. The maximum absolute atomic E-state index is 13.6. The van der Waals surface area contributed by atoms with Crippen LogP contribution in [0.25, 0.3) is 0 Å². The molecule has 12 nitrogen and oxygen atoms in total. The highest BCUT2D eigenvalue weighted by Gasteiger charge is 2.34. The number of aromatic nitrogens is 2. The summed E-state index contributed by atoms with van der Waals surface area (Å²) in [5.74, 6) is 3.77. The fourth-order valence-corrected chi connectivity index (χ4v) is 5.95. The molecular formula is C39H48N6O6. The van der Waals surface area contributed by atoms with Crippen molar-refractivity contribution in [2.24, 2.45) is 0 Å². The number of anilines is 1. The molecule has 2 aliphatic rings. The van der Waals surface area contributed by atoms with E-state index in [0.29, 0.717) is 72.8 Å². The van der Waals surface area contributed by atoms with Gasteiger partial charge in [-0.25, -0.2) is 9.78 Å². The molecule has 3 aromatic rings. The monoisotopic (exact) mass is 696 g/mol. The van der Waals surface area contributed by atoms with Crippen LogP contribution < -0.4 is 20.1 Å². The Balaban J connectivity index is 1.44. The molecule has 1 saturated carbocycles. The third kappa shape index (κ3) is 9.35. The van der Waals surface area contributed by atoms with Crippen molar-refractivity contribution in [3.63, 3.8) is 0 Å². The van der Waals surface area contributed by atoms with E-state index in [0.717, 1.165) is 18.4 Å². The van der Waals surface area contributed by atoms with Gasteiger partial charge < -0.3 is 24.8 Å². The van der Waals surface area contributed by atoms with Crippen LogP contribution in [0.5, 0.6) is 11.5 Å². The highest BCUT2D eigenvalue weighted by molar-refractivity contribution is 6.07. The molecule has 1 aromatic carbocycles. The summed E-state index contributed by atoms with van der Waals surface area (Å²) in [6.07, 6.45) is 10.6. The van der Waals surface area contributed by atoms with Crippen LogP contribution in [-0.4, -0.2) is 89.2 Å². The van der Waals surface area contributed by atoms with Crippen LogP contribution in [0, 0.1) is 26.2 Å². The van der Waals surface area contributed by atoms with Crippen molar-refractivity contribution >= 4 is 23.7 Å². The fourth-order valence-electron chi connectivity index (χ4n) is 5.95. The Morgan fingerprint density at radius 2 is 1.78 bits per heavy atom. The summed E-state index contributed by atoms with van der Waals surface area (Å²) < 4.78 is 17.6. The van der Waals surface area contributed by atoms with Gasteiger partial charge in [0.1, 0.15) is 29.0 Å². The number of terminal acetylenes is 1. The third-order valence-electron chi connectivity index (χ3n) is 8.84. The second kappa shape index (κ2) is 15.8. The molecule has 2 aromatic heterocycles. The number of rotatable bonds is 11. The number of pyridine rings is 2. The van der Waals surface area contributed by atoms with Crippen molar-refractivity contribution in [3.05, 3.63) is 76.2 Å². The minimum Gasteiger partial charge on any atom is -0.495 e. The van der Waals surface area contributed by atoms with E-state index in [-0.39, 0.29) is 11.5 Å². The largest absolute Gasteiger partial charge is 0.495 e. The van der Waals surface area contributed by atoms with Gasteiger partial charge in [-0.2, -0.15) is 0 Å². The fraction of sp³-hybridized carbons (Fsp3) is 0.462. The zero-order valence-corrected chi connectivity index (χ0v) is 30.5. The predicted octanol–water partition coefficient (Wildman–Crippen LogP) is 5.66. The van der Waals surface area contributed by atoms with Gasteiger partial charge in [-0.3, -0.25) is 24.4 Å². The van der Waals surface area contributed by atoms with Crippen LogP contribution in [0.1, 0.15) is 95.7 Å². The molecular weight excluding hydrogens is 648 g/mol. The van der Waals surface area contributed by atoms with E-state index < -0.39 is 29.7 Å². The molecule has 5 rings (SSSR count). The Morgan fingerprint density at radius 1 is 1.02 bits per heavy atom. The van der Waals surface area contributed by atoms with Crippen molar-refractivity contribution in [3.8, 4) is 23.8 Å². The average molecular weight is 697 g/mol. The summed E-state index contributed by atoms with van der Waals surface area (Å²) in [5, 5.41) is 5.71. The van der Waals surface area contributed by atoms with Crippen LogP contribution >= 0.6 is 0 Å². The molecule has 51 heavy (non-hydrogen) atoms. The molecule has 1 aliphatic carbocycles. The second-order valence-electron chi connectivity index (χ2n) is 14.0. The summed E-state index contributed by atoms with van der Waals surface area (Å²) in [6.45, 7) is 13.0. The Kier molecular flexibility index (Phi) is 11.5. The number of ether oxygens (including phenoxy) is 3. The lowest BCUT2D eigenvalue weighted by atomic mass is 10.0. The highest BCUT2D eigenvalue weighted by Crippen LogP contribution is 2.40. The van der Waals surface area contributed by atoms with Crippen LogP contribution in [0.3, 0.4) is 0 Å². The Morgan fingerprint density at radius 3 is 2.39 bits per heavy atom. The standard InChI is InChI=1S/C39H48N6O6/c1-9-28-22-44(15-16-45(28)38(48)51-39(5,6)7)23-34(32-14-13-27(20-41-32)26-11-12-26)50-33-18-24(3)30(19-31(33)36(46)40-10-2)37(47)43-35-25(4)17-29(49-8)21-42-35/h1,13-14,17-21,26,28,34H,10-12,15-16,22-23H2,2-8H3,(H,40,46)(H,42,43,47)/t28-,34-/m1/s1.